The van der Waals surface area contributed by atoms with Gasteiger partial charge in [0.25, 0.3) is 0 Å². The Morgan fingerprint density at radius 2 is 1.61 bits per heavy atom. The van der Waals surface area contributed by atoms with Crippen molar-refractivity contribution in [2.24, 2.45) is 0 Å². The number of hydrogen-bond acceptors (Lipinski definition) is 2. The maximum absolute atomic E-state index is 9.47. The van der Waals surface area contributed by atoms with Crippen molar-refractivity contribution in [2.75, 3.05) is 19.6 Å². The molecule has 0 spiro atoms. The van der Waals surface area contributed by atoms with Crippen molar-refractivity contribution in [1.82, 2.24) is 4.90 Å². The Morgan fingerprint density at radius 3 is 2.17 bits per heavy atom. The molecule has 1 aromatic rings. The molecule has 1 aliphatic heterocycles. The van der Waals surface area contributed by atoms with Crippen LogP contribution in [0, 0.1) is 0 Å². The van der Waals surface area contributed by atoms with Gasteiger partial charge in [-0.3, -0.25) is 0 Å². The molecule has 0 aliphatic carbocycles. The van der Waals surface area contributed by atoms with E-state index in [4.69, 9.17) is 0 Å². The first kappa shape index (κ1) is 13.6. The lowest BCUT2D eigenvalue weighted by Gasteiger charge is -2.29. The lowest BCUT2D eigenvalue weighted by molar-refractivity contribution is 0.0832. The van der Waals surface area contributed by atoms with Crippen LogP contribution in [0.5, 0.6) is 0 Å². The van der Waals surface area contributed by atoms with Gasteiger partial charge in [-0.1, -0.05) is 37.6 Å². The van der Waals surface area contributed by atoms with E-state index in [9.17, 15) is 5.11 Å². The second-order valence-electron chi connectivity index (χ2n) is 5.39. The van der Waals surface area contributed by atoms with E-state index in [1.54, 1.807) is 0 Å². The molecule has 0 bridgehead atoms. The molecule has 0 amide bonds. The standard InChI is InChI=1S/C16H25NO/c1-2-3-14-4-6-15(7-5-14)8-11-17-12-9-16(18)10-13-17/h4-7,16,18H,2-3,8-13H2,1H3. The molecule has 2 rings (SSSR count). The van der Waals surface area contributed by atoms with Crippen LogP contribution in [-0.2, 0) is 12.8 Å². The molecule has 0 radical (unpaired) electrons. The van der Waals surface area contributed by atoms with Gasteiger partial charge in [0.1, 0.15) is 0 Å². The van der Waals surface area contributed by atoms with Crippen LogP contribution in [0.1, 0.15) is 37.3 Å². The summed E-state index contributed by atoms with van der Waals surface area (Å²) in [6.45, 7) is 5.45. The average Bonchev–Trinajstić information content (AvgIpc) is 2.40. The number of aliphatic hydroxyl groups excluding tert-OH is 1. The van der Waals surface area contributed by atoms with Gasteiger partial charge in [0, 0.05) is 19.6 Å². The number of piperidine rings is 1. The normalized spacial score (nSPS) is 18.1. The van der Waals surface area contributed by atoms with Crippen LogP contribution in [0.15, 0.2) is 24.3 Å². The van der Waals surface area contributed by atoms with Crippen LogP contribution in [-0.4, -0.2) is 35.7 Å². The quantitative estimate of drug-likeness (QED) is 0.864. The van der Waals surface area contributed by atoms with Gasteiger partial charge in [0.15, 0.2) is 0 Å². The molecule has 0 aromatic heterocycles. The van der Waals surface area contributed by atoms with Crippen LogP contribution in [0.3, 0.4) is 0 Å². The molecule has 0 unspecified atom stereocenters. The molecule has 1 heterocycles. The van der Waals surface area contributed by atoms with E-state index in [-0.39, 0.29) is 6.10 Å². The summed E-state index contributed by atoms with van der Waals surface area (Å²) in [5.74, 6) is 0. The Labute approximate surface area is 111 Å². The zero-order valence-corrected chi connectivity index (χ0v) is 11.4. The molecule has 1 aliphatic rings. The number of nitrogens with zero attached hydrogens (tertiary/aromatic N) is 1. The third kappa shape index (κ3) is 4.11. The van der Waals surface area contributed by atoms with Gasteiger partial charge in [-0.2, -0.15) is 0 Å². The lowest BCUT2D eigenvalue weighted by atomic mass is 10.0. The molecular weight excluding hydrogens is 222 g/mol. The summed E-state index contributed by atoms with van der Waals surface area (Å²) in [6, 6.07) is 9.06. The van der Waals surface area contributed by atoms with Gasteiger partial charge in [-0.15, -0.1) is 0 Å². The summed E-state index contributed by atoms with van der Waals surface area (Å²) in [4.78, 5) is 2.46. The zero-order chi connectivity index (χ0) is 12.8. The summed E-state index contributed by atoms with van der Waals surface area (Å²) < 4.78 is 0. The van der Waals surface area contributed by atoms with Gasteiger partial charge >= 0.3 is 0 Å². The highest BCUT2D eigenvalue weighted by molar-refractivity contribution is 5.22. The Bertz CT molecular complexity index is 339. The van der Waals surface area contributed by atoms with Crippen LogP contribution in [0.4, 0.5) is 0 Å². The number of likely N-dealkylation sites (tertiary alicyclic amines) is 1. The summed E-state index contributed by atoms with van der Waals surface area (Å²) >= 11 is 0. The summed E-state index contributed by atoms with van der Waals surface area (Å²) in [5.41, 5.74) is 2.88. The zero-order valence-electron chi connectivity index (χ0n) is 11.4. The molecule has 2 heteroatoms. The number of rotatable bonds is 5. The van der Waals surface area contributed by atoms with E-state index in [1.165, 1.54) is 24.0 Å². The molecular formula is C16H25NO. The topological polar surface area (TPSA) is 23.5 Å². The van der Waals surface area contributed by atoms with Gasteiger partial charge < -0.3 is 10.0 Å². The molecule has 1 N–H and O–H groups in total. The van der Waals surface area contributed by atoms with Crippen LogP contribution in [0.25, 0.3) is 0 Å². The number of aliphatic hydroxyl groups is 1. The number of hydrogen-bond donors (Lipinski definition) is 1. The first-order valence-corrected chi connectivity index (χ1v) is 7.26. The Kier molecular flexibility index (Phi) is 5.21. The predicted molar refractivity (Wildman–Crippen MR) is 75.8 cm³/mol. The van der Waals surface area contributed by atoms with Crippen molar-refractivity contribution < 1.29 is 5.11 Å². The highest BCUT2D eigenvalue weighted by atomic mass is 16.3. The van der Waals surface area contributed by atoms with Gasteiger partial charge in [-0.25, -0.2) is 0 Å². The maximum atomic E-state index is 9.47. The van der Waals surface area contributed by atoms with E-state index in [2.05, 4.69) is 36.1 Å². The molecule has 100 valence electrons. The summed E-state index contributed by atoms with van der Waals surface area (Å²) in [7, 11) is 0. The van der Waals surface area contributed by atoms with E-state index in [0.29, 0.717) is 0 Å². The molecule has 0 atom stereocenters. The fourth-order valence-corrected chi connectivity index (χ4v) is 2.59. The highest BCUT2D eigenvalue weighted by Gasteiger charge is 2.16. The Hall–Kier alpha value is -0.860. The molecule has 1 saturated heterocycles. The minimum Gasteiger partial charge on any atom is -0.393 e. The third-order valence-corrected chi connectivity index (χ3v) is 3.84. The second-order valence-corrected chi connectivity index (χ2v) is 5.39. The predicted octanol–water partition coefficient (Wildman–Crippen LogP) is 2.64. The van der Waals surface area contributed by atoms with E-state index in [1.807, 2.05) is 0 Å². The van der Waals surface area contributed by atoms with Crippen molar-refractivity contribution in [3.05, 3.63) is 35.4 Å². The number of benzene rings is 1. The van der Waals surface area contributed by atoms with E-state index < -0.39 is 0 Å². The van der Waals surface area contributed by atoms with Crippen molar-refractivity contribution in [3.8, 4) is 0 Å². The summed E-state index contributed by atoms with van der Waals surface area (Å²) in [5, 5.41) is 9.47. The smallest absolute Gasteiger partial charge is 0.0564 e. The average molecular weight is 247 g/mol. The second kappa shape index (κ2) is 6.91. The third-order valence-electron chi connectivity index (χ3n) is 3.84. The van der Waals surface area contributed by atoms with Crippen LogP contribution in [0.2, 0.25) is 0 Å². The fraction of sp³-hybridized carbons (Fsp3) is 0.625. The maximum Gasteiger partial charge on any atom is 0.0564 e. The van der Waals surface area contributed by atoms with E-state index >= 15 is 0 Å². The molecule has 0 saturated carbocycles. The van der Waals surface area contributed by atoms with Crippen molar-refractivity contribution >= 4 is 0 Å². The lowest BCUT2D eigenvalue weighted by Crippen LogP contribution is -2.37. The Morgan fingerprint density at radius 1 is 1.06 bits per heavy atom. The first-order chi connectivity index (χ1) is 8.78. The van der Waals surface area contributed by atoms with E-state index in [0.717, 1.165) is 38.9 Å². The van der Waals surface area contributed by atoms with Crippen LogP contribution >= 0.6 is 0 Å². The molecule has 1 fully saturated rings. The first-order valence-electron chi connectivity index (χ1n) is 7.26. The highest BCUT2D eigenvalue weighted by Crippen LogP contribution is 2.12. The fourth-order valence-electron chi connectivity index (χ4n) is 2.59. The van der Waals surface area contributed by atoms with Gasteiger partial charge in [-0.05, 0) is 36.8 Å². The van der Waals surface area contributed by atoms with Crippen molar-refractivity contribution in [2.45, 2.75) is 45.1 Å². The summed E-state index contributed by atoms with van der Waals surface area (Å²) in [6.07, 6.45) is 5.35. The van der Waals surface area contributed by atoms with Gasteiger partial charge in [0.05, 0.1) is 6.10 Å². The monoisotopic (exact) mass is 247 g/mol. The van der Waals surface area contributed by atoms with Gasteiger partial charge in [0.2, 0.25) is 0 Å². The van der Waals surface area contributed by atoms with Crippen molar-refractivity contribution in [3.63, 3.8) is 0 Å². The Balaban J connectivity index is 1.76. The number of aryl methyl sites for hydroxylation is 1. The SMILES string of the molecule is CCCc1ccc(CCN2CCC(O)CC2)cc1. The molecule has 2 nitrogen and oxygen atoms in total. The largest absolute Gasteiger partial charge is 0.393 e. The molecule has 1 aromatic carbocycles. The minimum absolute atomic E-state index is 0.0606. The van der Waals surface area contributed by atoms with Crippen LogP contribution < -0.4 is 0 Å². The minimum atomic E-state index is -0.0606. The molecule has 18 heavy (non-hydrogen) atoms. The van der Waals surface area contributed by atoms with Crippen molar-refractivity contribution in [1.29, 1.82) is 0 Å².